The van der Waals surface area contributed by atoms with Gasteiger partial charge in [0.05, 0.1) is 0 Å². The van der Waals surface area contributed by atoms with Crippen molar-refractivity contribution in [3.63, 3.8) is 0 Å². The Bertz CT molecular complexity index is 317. The molecule has 0 saturated carbocycles. The van der Waals surface area contributed by atoms with Gasteiger partial charge in [0.15, 0.2) is 0 Å². The topological polar surface area (TPSA) is 35.5 Å². The van der Waals surface area contributed by atoms with Crippen LogP contribution in [0, 0.1) is 0 Å². The summed E-state index contributed by atoms with van der Waals surface area (Å²) in [6, 6.07) is 8.18. The smallest absolute Gasteiger partial charge is 0.130 e. The summed E-state index contributed by atoms with van der Waals surface area (Å²) in [6.07, 6.45) is 3.38. The van der Waals surface area contributed by atoms with Crippen LogP contribution in [0.2, 0.25) is 0 Å². The number of piperidine rings is 1. The fourth-order valence-corrected chi connectivity index (χ4v) is 2.19. The molecule has 1 aliphatic heterocycles. The van der Waals surface area contributed by atoms with E-state index in [1.54, 1.807) is 7.05 Å². The van der Waals surface area contributed by atoms with Gasteiger partial charge >= 0.3 is 0 Å². The second kappa shape index (κ2) is 5.32. The molecule has 1 aromatic carbocycles. The Labute approximate surface area is 97.1 Å². The molecule has 1 heterocycles. The number of anilines is 1. The third-order valence-electron chi connectivity index (χ3n) is 3.20. The first-order chi connectivity index (χ1) is 7.81. The number of aliphatic hydroxyl groups is 1. The van der Waals surface area contributed by atoms with Crippen LogP contribution in [0.4, 0.5) is 5.69 Å². The summed E-state index contributed by atoms with van der Waals surface area (Å²) in [5.41, 5.74) is 2.19. The number of nitrogens with one attached hydrogen (secondary N) is 1. The molecule has 3 nitrogen and oxygen atoms in total. The Morgan fingerprint density at radius 1 is 1.12 bits per heavy atom. The molecule has 1 aliphatic rings. The van der Waals surface area contributed by atoms with Crippen LogP contribution < -0.4 is 10.2 Å². The summed E-state index contributed by atoms with van der Waals surface area (Å²) < 4.78 is 0. The molecule has 1 saturated heterocycles. The van der Waals surface area contributed by atoms with Crippen molar-refractivity contribution in [3.05, 3.63) is 29.8 Å². The monoisotopic (exact) mass is 220 g/mol. The fourth-order valence-electron chi connectivity index (χ4n) is 2.19. The van der Waals surface area contributed by atoms with Gasteiger partial charge in [-0.05, 0) is 44.0 Å². The Kier molecular flexibility index (Phi) is 3.80. The van der Waals surface area contributed by atoms with Gasteiger partial charge in [-0.1, -0.05) is 12.1 Å². The number of nitrogens with zero attached hydrogens (tertiary/aromatic N) is 1. The summed E-state index contributed by atoms with van der Waals surface area (Å²) in [5, 5.41) is 12.4. The second-order valence-corrected chi connectivity index (χ2v) is 4.33. The van der Waals surface area contributed by atoms with E-state index in [0.717, 1.165) is 18.7 Å². The minimum Gasteiger partial charge on any atom is -0.374 e. The number of benzene rings is 1. The molecule has 1 unspecified atom stereocenters. The molecular weight excluding hydrogens is 200 g/mol. The van der Waals surface area contributed by atoms with Crippen LogP contribution in [0.1, 0.15) is 31.1 Å². The lowest BCUT2D eigenvalue weighted by Gasteiger charge is -2.29. The van der Waals surface area contributed by atoms with Crippen LogP contribution >= 0.6 is 0 Å². The number of aliphatic hydroxyl groups excluding tert-OH is 1. The molecule has 0 bridgehead atoms. The first kappa shape index (κ1) is 11.4. The molecule has 0 aromatic heterocycles. The van der Waals surface area contributed by atoms with E-state index >= 15 is 0 Å². The van der Waals surface area contributed by atoms with Crippen LogP contribution in [0.15, 0.2) is 24.3 Å². The van der Waals surface area contributed by atoms with Crippen LogP contribution in [0.5, 0.6) is 0 Å². The summed E-state index contributed by atoms with van der Waals surface area (Å²) in [7, 11) is 1.75. The molecule has 2 N–H and O–H groups in total. The summed E-state index contributed by atoms with van der Waals surface area (Å²) >= 11 is 0. The van der Waals surface area contributed by atoms with Crippen molar-refractivity contribution >= 4 is 5.69 Å². The molecule has 16 heavy (non-hydrogen) atoms. The van der Waals surface area contributed by atoms with E-state index < -0.39 is 6.23 Å². The van der Waals surface area contributed by atoms with Gasteiger partial charge in [0, 0.05) is 18.8 Å². The Balaban J connectivity index is 2.06. The fraction of sp³-hybridized carbons (Fsp3) is 0.538. The predicted octanol–water partition coefficient (Wildman–Crippen LogP) is 1.89. The maximum Gasteiger partial charge on any atom is 0.130 e. The van der Waals surface area contributed by atoms with Crippen molar-refractivity contribution in [1.82, 2.24) is 5.32 Å². The van der Waals surface area contributed by atoms with E-state index in [-0.39, 0.29) is 0 Å². The highest BCUT2D eigenvalue weighted by molar-refractivity contribution is 5.48. The molecule has 0 amide bonds. The van der Waals surface area contributed by atoms with Gasteiger partial charge in [-0.2, -0.15) is 0 Å². The van der Waals surface area contributed by atoms with E-state index in [1.807, 2.05) is 12.1 Å². The van der Waals surface area contributed by atoms with Gasteiger partial charge in [-0.25, -0.2) is 0 Å². The SMILES string of the molecule is CNC(O)c1ccc(N2CCCCC2)cc1. The first-order valence-corrected chi connectivity index (χ1v) is 6.01. The van der Waals surface area contributed by atoms with Crippen LogP contribution in [-0.2, 0) is 0 Å². The highest BCUT2D eigenvalue weighted by atomic mass is 16.3. The van der Waals surface area contributed by atoms with Gasteiger partial charge in [-0.15, -0.1) is 0 Å². The van der Waals surface area contributed by atoms with Crippen molar-refractivity contribution in [2.45, 2.75) is 25.5 Å². The van der Waals surface area contributed by atoms with Gasteiger partial charge in [0.25, 0.3) is 0 Å². The molecule has 3 heteroatoms. The predicted molar refractivity (Wildman–Crippen MR) is 66.5 cm³/mol. The van der Waals surface area contributed by atoms with Crippen molar-refractivity contribution in [2.24, 2.45) is 0 Å². The van der Waals surface area contributed by atoms with Crippen LogP contribution in [0.25, 0.3) is 0 Å². The standard InChI is InChI=1S/C13H20N2O/c1-14-13(16)11-5-7-12(8-6-11)15-9-3-2-4-10-15/h5-8,13-14,16H,2-4,9-10H2,1H3. The third kappa shape index (κ3) is 2.54. The molecule has 88 valence electrons. The third-order valence-corrected chi connectivity index (χ3v) is 3.20. The van der Waals surface area contributed by atoms with Crippen LogP contribution in [0.3, 0.4) is 0 Å². The van der Waals surface area contributed by atoms with E-state index in [9.17, 15) is 5.11 Å². The largest absolute Gasteiger partial charge is 0.374 e. The molecule has 0 radical (unpaired) electrons. The van der Waals surface area contributed by atoms with E-state index in [0.29, 0.717) is 0 Å². The zero-order chi connectivity index (χ0) is 11.4. The van der Waals surface area contributed by atoms with Crippen molar-refractivity contribution < 1.29 is 5.11 Å². The van der Waals surface area contributed by atoms with Gasteiger partial charge in [0.2, 0.25) is 0 Å². The van der Waals surface area contributed by atoms with Crippen molar-refractivity contribution in [2.75, 3.05) is 25.0 Å². The molecule has 1 atom stereocenters. The maximum absolute atomic E-state index is 9.61. The second-order valence-electron chi connectivity index (χ2n) is 4.33. The van der Waals surface area contributed by atoms with Crippen molar-refractivity contribution in [1.29, 1.82) is 0 Å². The summed E-state index contributed by atoms with van der Waals surface area (Å²) in [4.78, 5) is 2.42. The normalized spacial score (nSPS) is 18.5. The number of hydrogen-bond donors (Lipinski definition) is 2. The molecule has 0 spiro atoms. The Morgan fingerprint density at radius 3 is 2.31 bits per heavy atom. The molecule has 1 aromatic rings. The average molecular weight is 220 g/mol. The zero-order valence-electron chi connectivity index (χ0n) is 9.82. The van der Waals surface area contributed by atoms with E-state index in [2.05, 4.69) is 22.3 Å². The maximum atomic E-state index is 9.61. The van der Waals surface area contributed by atoms with Crippen molar-refractivity contribution in [3.8, 4) is 0 Å². The molecule has 0 aliphatic carbocycles. The quantitative estimate of drug-likeness (QED) is 0.764. The highest BCUT2D eigenvalue weighted by Gasteiger charge is 2.11. The molecule has 2 rings (SSSR count). The minimum atomic E-state index is -0.560. The van der Waals surface area contributed by atoms with E-state index in [4.69, 9.17) is 0 Å². The van der Waals surface area contributed by atoms with E-state index in [1.165, 1.54) is 24.9 Å². The lowest BCUT2D eigenvalue weighted by Crippen LogP contribution is -2.29. The lowest BCUT2D eigenvalue weighted by molar-refractivity contribution is 0.149. The van der Waals surface area contributed by atoms with Gasteiger partial charge < -0.3 is 10.0 Å². The molecule has 1 fully saturated rings. The average Bonchev–Trinajstić information content (AvgIpc) is 2.39. The molecular formula is C13H20N2O. The minimum absolute atomic E-state index is 0.560. The zero-order valence-corrected chi connectivity index (χ0v) is 9.82. The Hall–Kier alpha value is -1.06. The van der Waals surface area contributed by atoms with Crippen LogP contribution in [-0.4, -0.2) is 25.2 Å². The van der Waals surface area contributed by atoms with Gasteiger partial charge in [0.1, 0.15) is 6.23 Å². The number of rotatable bonds is 3. The van der Waals surface area contributed by atoms with Gasteiger partial charge in [-0.3, -0.25) is 5.32 Å². The lowest BCUT2D eigenvalue weighted by atomic mass is 10.1. The first-order valence-electron chi connectivity index (χ1n) is 6.01. The highest BCUT2D eigenvalue weighted by Crippen LogP contribution is 2.21. The Morgan fingerprint density at radius 2 is 1.75 bits per heavy atom. The summed E-state index contributed by atoms with van der Waals surface area (Å²) in [6.45, 7) is 2.32. The number of hydrogen-bond acceptors (Lipinski definition) is 3. The summed E-state index contributed by atoms with van der Waals surface area (Å²) in [5.74, 6) is 0.